The Morgan fingerprint density at radius 1 is 1.42 bits per heavy atom. The minimum atomic E-state index is -0.514. The fourth-order valence-electron chi connectivity index (χ4n) is 1.26. The molecule has 0 aliphatic rings. The largest absolute Gasteiger partial charge is 0.271 e. The summed E-state index contributed by atoms with van der Waals surface area (Å²) in [6.07, 6.45) is 4.62. The van der Waals surface area contributed by atoms with Crippen molar-refractivity contribution in [1.29, 1.82) is 0 Å². The molecular weight excluding hydrogens is 246 g/mol. The predicted molar refractivity (Wildman–Crippen MR) is 73.1 cm³/mol. The van der Waals surface area contributed by atoms with Crippen LogP contribution < -0.4 is 5.43 Å². The van der Waals surface area contributed by atoms with Gasteiger partial charge in [0.25, 0.3) is 11.6 Å². The van der Waals surface area contributed by atoms with Crippen LogP contribution in [-0.4, -0.2) is 16.5 Å². The number of hydrogen-bond acceptors (Lipinski definition) is 4. The van der Waals surface area contributed by atoms with Crippen LogP contribution >= 0.6 is 0 Å². The van der Waals surface area contributed by atoms with Gasteiger partial charge in [0.1, 0.15) is 0 Å². The van der Waals surface area contributed by atoms with Gasteiger partial charge in [0.05, 0.1) is 10.6 Å². The molecule has 6 nitrogen and oxygen atoms in total. The number of nitro benzene ring substituents is 1. The number of nitrogens with one attached hydrogen (secondary N) is 1. The number of hydrazone groups is 1. The third kappa shape index (κ3) is 4.71. The van der Waals surface area contributed by atoms with Gasteiger partial charge in [0.2, 0.25) is 0 Å². The zero-order valence-corrected chi connectivity index (χ0v) is 10.8. The molecule has 0 aliphatic carbocycles. The highest BCUT2D eigenvalue weighted by Crippen LogP contribution is 2.11. The van der Waals surface area contributed by atoms with Crippen LogP contribution in [0.25, 0.3) is 0 Å². The Balaban J connectivity index is 2.68. The molecule has 0 unspecified atom stereocenters. The first-order valence-electron chi connectivity index (χ1n) is 5.80. The molecule has 0 atom stereocenters. The lowest BCUT2D eigenvalue weighted by Gasteiger charge is -2.00. The number of benzene rings is 1. The van der Waals surface area contributed by atoms with Gasteiger partial charge in [-0.15, -0.1) is 0 Å². The molecule has 0 radical (unpaired) electrons. The van der Waals surface area contributed by atoms with Gasteiger partial charge >= 0.3 is 0 Å². The van der Waals surface area contributed by atoms with Gasteiger partial charge < -0.3 is 0 Å². The average Bonchev–Trinajstić information content (AvgIpc) is 2.42. The number of rotatable bonds is 5. The van der Waals surface area contributed by atoms with Crippen molar-refractivity contribution in [2.75, 3.05) is 0 Å². The molecule has 1 N–H and O–H groups in total. The Hall–Kier alpha value is -2.50. The predicted octanol–water partition coefficient (Wildman–Crippen LogP) is 2.67. The molecule has 0 saturated carbocycles. The van der Waals surface area contributed by atoms with Crippen molar-refractivity contribution in [3.63, 3.8) is 0 Å². The molecule has 0 bridgehead atoms. The molecule has 0 aliphatic heterocycles. The first-order valence-corrected chi connectivity index (χ1v) is 5.80. The summed E-state index contributed by atoms with van der Waals surface area (Å²) >= 11 is 0. The molecule has 1 aromatic rings. The van der Waals surface area contributed by atoms with E-state index < -0.39 is 10.8 Å². The third-order valence-corrected chi connectivity index (χ3v) is 2.27. The first-order chi connectivity index (χ1) is 9.04. The van der Waals surface area contributed by atoms with E-state index in [-0.39, 0.29) is 5.69 Å². The monoisotopic (exact) mass is 261 g/mol. The molecule has 0 heterocycles. The Morgan fingerprint density at radius 2 is 2.05 bits per heavy atom. The van der Waals surface area contributed by atoms with Gasteiger partial charge in [-0.1, -0.05) is 13.0 Å². The van der Waals surface area contributed by atoms with Crippen LogP contribution in [0.2, 0.25) is 0 Å². The minimum Gasteiger partial charge on any atom is -0.267 e. The van der Waals surface area contributed by atoms with Crippen LogP contribution in [0.3, 0.4) is 0 Å². The average molecular weight is 261 g/mol. The summed E-state index contributed by atoms with van der Waals surface area (Å²) in [5.41, 5.74) is 3.33. The molecule has 1 rings (SSSR count). The van der Waals surface area contributed by atoms with E-state index in [1.165, 1.54) is 24.3 Å². The fourth-order valence-corrected chi connectivity index (χ4v) is 1.26. The SMILES string of the molecule is CC/C=C/C(C)=N/NC(=O)c1ccc([N+](=O)[O-])cc1. The number of carbonyl (C=O) groups is 1. The Morgan fingerprint density at radius 3 is 2.58 bits per heavy atom. The highest BCUT2D eigenvalue weighted by molar-refractivity contribution is 5.97. The summed E-state index contributed by atoms with van der Waals surface area (Å²) in [6.45, 7) is 3.77. The maximum absolute atomic E-state index is 11.7. The van der Waals surface area contributed by atoms with Crippen molar-refractivity contribution in [3.05, 3.63) is 52.1 Å². The van der Waals surface area contributed by atoms with E-state index in [9.17, 15) is 14.9 Å². The van der Waals surface area contributed by atoms with Gasteiger partial charge in [0, 0.05) is 17.7 Å². The minimum absolute atomic E-state index is 0.0536. The summed E-state index contributed by atoms with van der Waals surface area (Å²) < 4.78 is 0. The topological polar surface area (TPSA) is 84.6 Å². The second-order valence-corrected chi connectivity index (χ2v) is 3.81. The zero-order chi connectivity index (χ0) is 14.3. The van der Waals surface area contributed by atoms with E-state index >= 15 is 0 Å². The molecule has 19 heavy (non-hydrogen) atoms. The number of hydrogen-bond donors (Lipinski definition) is 1. The molecule has 1 aromatic carbocycles. The van der Waals surface area contributed by atoms with E-state index in [0.717, 1.165) is 6.42 Å². The number of non-ortho nitro benzene ring substituents is 1. The number of carbonyl (C=O) groups excluding carboxylic acids is 1. The molecule has 0 saturated heterocycles. The van der Waals surface area contributed by atoms with Crippen molar-refractivity contribution in [3.8, 4) is 0 Å². The Labute approximate surface area is 111 Å². The second kappa shape index (κ2) is 7.05. The van der Waals surface area contributed by atoms with Crippen LogP contribution in [0, 0.1) is 10.1 Å². The third-order valence-electron chi connectivity index (χ3n) is 2.27. The Kier molecular flexibility index (Phi) is 5.40. The van der Waals surface area contributed by atoms with Crippen molar-refractivity contribution in [1.82, 2.24) is 5.43 Å². The van der Waals surface area contributed by atoms with Crippen molar-refractivity contribution >= 4 is 17.3 Å². The molecule has 1 amide bonds. The fraction of sp³-hybridized carbons (Fsp3) is 0.231. The quantitative estimate of drug-likeness (QED) is 0.502. The highest BCUT2D eigenvalue weighted by atomic mass is 16.6. The lowest BCUT2D eigenvalue weighted by Crippen LogP contribution is -2.18. The number of amides is 1. The molecule has 0 spiro atoms. The van der Waals surface area contributed by atoms with Crippen LogP contribution in [0.1, 0.15) is 30.6 Å². The van der Waals surface area contributed by atoms with Crippen molar-refractivity contribution in [2.45, 2.75) is 20.3 Å². The smallest absolute Gasteiger partial charge is 0.267 e. The first kappa shape index (κ1) is 14.6. The second-order valence-electron chi connectivity index (χ2n) is 3.81. The molecule has 0 fully saturated rings. The summed E-state index contributed by atoms with van der Waals surface area (Å²) in [6, 6.07) is 5.34. The summed E-state index contributed by atoms with van der Waals surface area (Å²) in [4.78, 5) is 21.7. The Bertz CT molecular complexity index is 518. The molecule has 100 valence electrons. The molecule has 6 heteroatoms. The summed E-state index contributed by atoms with van der Waals surface area (Å²) in [5, 5.41) is 14.4. The van der Waals surface area contributed by atoms with E-state index in [0.29, 0.717) is 11.3 Å². The van der Waals surface area contributed by atoms with E-state index in [1.54, 1.807) is 13.0 Å². The van der Waals surface area contributed by atoms with Gasteiger partial charge in [-0.3, -0.25) is 14.9 Å². The maximum Gasteiger partial charge on any atom is 0.271 e. The van der Waals surface area contributed by atoms with Gasteiger partial charge in [-0.05, 0) is 31.6 Å². The zero-order valence-electron chi connectivity index (χ0n) is 10.8. The van der Waals surface area contributed by atoms with E-state index in [2.05, 4.69) is 10.5 Å². The van der Waals surface area contributed by atoms with Crippen LogP contribution in [0.4, 0.5) is 5.69 Å². The van der Waals surface area contributed by atoms with Crippen LogP contribution in [0.5, 0.6) is 0 Å². The normalized spacial score (nSPS) is 11.6. The summed E-state index contributed by atoms with van der Waals surface area (Å²) in [7, 11) is 0. The van der Waals surface area contributed by atoms with Crippen molar-refractivity contribution in [2.24, 2.45) is 5.10 Å². The van der Waals surface area contributed by atoms with E-state index in [4.69, 9.17) is 0 Å². The van der Waals surface area contributed by atoms with Crippen LogP contribution in [-0.2, 0) is 0 Å². The van der Waals surface area contributed by atoms with Gasteiger partial charge in [-0.25, -0.2) is 5.43 Å². The van der Waals surface area contributed by atoms with Gasteiger partial charge in [0.15, 0.2) is 0 Å². The number of nitrogens with zero attached hydrogens (tertiary/aromatic N) is 2. The number of nitro groups is 1. The van der Waals surface area contributed by atoms with Crippen LogP contribution in [0.15, 0.2) is 41.5 Å². The highest BCUT2D eigenvalue weighted by Gasteiger charge is 2.08. The molecular formula is C13H15N3O3. The maximum atomic E-state index is 11.7. The van der Waals surface area contributed by atoms with Crippen molar-refractivity contribution < 1.29 is 9.72 Å². The number of allylic oxidation sites excluding steroid dienone is 2. The lowest BCUT2D eigenvalue weighted by molar-refractivity contribution is -0.384. The van der Waals surface area contributed by atoms with Gasteiger partial charge in [-0.2, -0.15) is 5.10 Å². The standard InChI is InChI=1S/C13H15N3O3/c1-3-4-5-10(2)14-15-13(17)11-6-8-12(9-7-11)16(18)19/h4-9H,3H2,1-2H3,(H,15,17)/b5-4+,14-10+. The summed E-state index contributed by atoms with van der Waals surface area (Å²) in [5.74, 6) is -0.404. The van der Waals surface area contributed by atoms with E-state index in [1.807, 2.05) is 13.0 Å². The lowest BCUT2D eigenvalue weighted by atomic mass is 10.2. The molecule has 0 aromatic heterocycles.